The molecule has 0 saturated heterocycles. The molecule has 0 atom stereocenters. The number of Topliss-reactive ketones (excluding diaryl/α,β-unsaturated/α-hetero) is 2. The number of aliphatic hydroxyl groups excluding tert-OH is 1. The zero-order valence-corrected chi connectivity index (χ0v) is 19.4. The molecule has 164 valence electrons. The van der Waals surface area contributed by atoms with Gasteiger partial charge in [-0.15, -0.1) is 0 Å². The maximum atomic E-state index is 13.1. The van der Waals surface area contributed by atoms with E-state index in [0.29, 0.717) is 40.4 Å². The molecule has 1 saturated carbocycles. The van der Waals surface area contributed by atoms with Crippen molar-refractivity contribution in [3.63, 3.8) is 0 Å². The monoisotopic (exact) mass is 410 g/mol. The highest BCUT2D eigenvalue weighted by atomic mass is 16.3. The van der Waals surface area contributed by atoms with Gasteiger partial charge in [0.25, 0.3) is 0 Å². The SMILES string of the molecule is CCCC(C)(C)C1CCC(CC2=C(O)C(=O)c3cc(CC(C)C)ccc3C2=O)CC1. The van der Waals surface area contributed by atoms with Gasteiger partial charge in [-0.05, 0) is 79.7 Å². The Bertz CT molecular complexity index is 836. The molecule has 0 radical (unpaired) electrons. The predicted octanol–water partition coefficient (Wildman–Crippen LogP) is 7.10. The van der Waals surface area contributed by atoms with Crippen LogP contribution in [0.15, 0.2) is 29.5 Å². The van der Waals surface area contributed by atoms with Crippen LogP contribution in [0.3, 0.4) is 0 Å². The fraction of sp³-hybridized carbons (Fsp3) is 0.630. The summed E-state index contributed by atoms with van der Waals surface area (Å²) in [5.41, 5.74) is 2.56. The molecule has 3 heteroatoms. The Kier molecular flexibility index (Phi) is 6.89. The Hall–Kier alpha value is -1.90. The lowest BCUT2D eigenvalue weighted by atomic mass is 9.66. The van der Waals surface area contributed by atoms with Gasteiger partial charge in [-0.25, -0.2) is 0 Å². The molecule has 1 aromatic carbocycles. The fourth-order valence-corrected chi connectivity index (χ4v) is 5.58. The van der Waals surface area contributed by atoms with E-state index in [1.54, 1.807) is 12.1 Å². The van der Waals surface area contributed by atoms with Crippen LogP contribution in [0.5, 0.6) is 0 Å². The second kappa shape index (κ2) is 9.08. The molecule has 0 bridgehead atoms. The first kappa shape index (κ1) is 22.8. The molecule has 3 rings (SSSR count). The van der Waals surface area contributed by atoms with E-state index >= 15 is 0 Å². The van der Waals surface area contributed by atoms with Crippen LogP contribution in [0, 0.1) is 23.2 Å². The van der Waals surface area contributed by atoms with E-state index < -0.39 is 0 Å². The zero-order valence-electron chi connectivity index (χ0n) is 19.4. The van der Waals surface area contributed by atoms with Crippen LogP contribution in [0.1, 0.15) is 106 Å². The van der Waals surface area contributed by atoms with Gasteiger partial charge in [-0.1, -0.05) is 53.2 Å². The topological polar surface area (TPSA) is 54.4 Å². The molecule has 0 aliphatic heterocycles. The van der Waals surface area contributed by atoms with Gasteiger partial charge in [0.05, 0.1) is 0 Å². The van der Waals surface area contributed by atoms with E-state index in [0.717, 1.165) is 30.7 Å². The molecule has 0 unspecified atom stereocenters. The maximum absolute atomic E-state index is 13.1. The van der Waals surface area contributed by atoms with Gasteiger partial charge in [0, 0.05) is 16.7 Å². The minimum absolute atomic E-state index is 0.161. The molecule has 2 aliphatic carbocycles. The molecule has 1 aromatic rings. The number of rotatable bonds is 7. The van der Waals surface area contributed by atoms with Crippen LogP contribution in [0.4, 0.5) is 0 Å². The molecule has 3 nitrogen and oxygen atoms in total. The van der Waals surface area contributed by atoms with Gasteiger partial charge >= 0.3 is 0 Å². The molecule has 1 N–H and O–H groups in total. The van der Waals surface area contributed by atoms with Crippen LogP contribution in [0.2, 0.25) is 0 Å². The van der Waals surface area contributed by atoms with Gasteiger partial charge in [0.1, 0.15) is 0 Å². The molecule has 30 heavy (non-hydrogen) atoms. The van der Waals surface area contributed by atoms with Gasteiger partial charge < -0.3 is 5.11 Å². The summed E-state index contributed by atoms with van der Waals surface area (Å²) in [5, 5.41) is 10.6. The largest absolute Gasteiger partial charge is 0.504 e. The van der Waals surface area contributed by atoms with Crippen molar-refractivity contribution < 1.29 is 14.7 Å². The van der Waals surface area contributed by atoms with Crippen LogP contribution >= 0.6 is 0 Å². The second-order valence-corrected chi connectivity index (χ2v) is 10.6. The van der Waals surface area contributed by atoms with Crippen molar-refractivity contribution in [3.8, 4) is 0 Å². The lowest BCUT2D eigenvalue weighted by Crippen LogP contribution is -2.29. The quantitative estimate of drug-likeness (QED) is 0.521. The smallest absolute Gasteiger partial charge is 0.228 e. The van der Waals surface area contributed by atoms with Crippen LogP contribution in [-0.2, 0) is 6.42 Å². The maximum Gasteiger partial charge on any atom is 0.228 e. The third-order valence-electron chi connectivity index (χ3n) is 7.33. The number of hydrogen-bond donors (Lipinski definition) is 1. The van der Waals surface area contributed by atoms with E-state index in [1.165, 1.54) is 25.7 Å². The van der Waals surface area contributed by atoms with E-state index in [4.69, 9.17) is 0 Å². The minimum Gasteiger partial charge on any atom is -0.504 e. The summed E-state index contributed by atoms with van der Waals surface area (Å²) in [4.78, 5) is 26.0. The lowest BCUT2D eigenvalue weighted by Gasteiger charge is -2.39. The minimum atomic E-state index is -0.386. The van der Waals surface area contributed by atoms with E-state index in [2.05, 4.69) is 34.6 Å². The van der Waals surface area contributed by atoms with Crippen LogP contribution in [0.25, 0.3) is 0 Å². The van der Waals surface area contributed by atoms with E-state index in [1.807, 2.05) is 6.07 Å². The van der Waals surface area contributed by atoms with Crippen molar-refractivity contribution in [1.82, 2.24) is 0 Å². The Morgan fingerprint density at radius 1 is 1.03 bits per heavy atom. The normalized spacial score (nSPS) is 22.6. The lowest BCUT2D eigenvalue weighted by molar-refractivity contribution is 0.0914. The highest BCUT2D eigenvalue weighted by molar-refractivity contribution is 6.26. The Morgan fingerprint density at radius 3 is 2.30 bits per heavy atom. The summed E-state index contributed by atoms with van der Waals surface area (Å²) in [7, 11) is 0. The van der Waals surface area contributed by atoms with Crippen LogP contribution < -0.4 is 0 Å². The third kappa shape index (κ3) is 4.71. The molecule has 1 fully saturated rings. The number of benzene rings is 1. The molecular weight excluding hydrogens is 372 g/mol. The van der Waals surface area contributed by atoms with E-state index in [9.17, 15) is 14.7 Å². The zero-order chi connectivity index (χ0) is 22.1. The standard InChI is InChI=1S/C27H38O3/c1-6-13-27(4,5)20-10-7-18(8-11-20)15-23-24(28)21-12-9-19(14-17(2)3)16-22(21)25(29)26(23)30/h9,12,16-18,20,30H,6-8,10-11,13-15H2,1-5H3. The number of carbonyl (C=O) groups is 2. The summed E-state index contributed by atoms with van der Waals surface area (Å²) >= 11 is 0. The predicted molar refractivity (Wildman–Crippen MR) is 122 cm³/mol. The number of ketones is 2. The summed E-state index contributed by atoms with van der Waals surface area (Å²) in [6, 6.07) is 5.53. The number of aliphatic hydroxyl groups is 1. The Morgan fingerprint density at radius 2 is 1.70 bits per heavy atom. The molecule has 0 spiro atoms. The number of carbonyl (C=O) groups excluding carboxylic acids is 2. The van der Waals surface area contributed by atoms with Crippen LogP contribution in [-0.4, -0.2) is 16.7 Å². The average molecular weight is 411 g/mol. The number of hydrogen-bond acceptors (Lipinski definition) is 3. The molecule has 0 aromatic heterocycles. The first-order valence-corrected chi connectivity index (χ1v) is 11.8. The molecule has 0 heterocycles. The average Bonchev–Trinajstić information content (AvgIpc) is 2.69. The van der Waals surface area contributed by atoms with Gasteiger partial charge in [0.2, 0.25) is 5.78 Å². The third-order valence-corrected chi connectivity index (χ3v) is 7.33. The molecule has 2 aliphatic rings. The van der Waals surface area contributed by atoms with Crippen molar-refractivity contribution in [2.24, 2.45) is 23.2 Å². The number of allylic oxidation sites excluding steroid dienone is 2. The van der Waals surface area contributed by atoms with Crippen molar-refractivity contribution in [2.75, 3.05) is 0 Å². The first-order chi connectivity index (χ1) is 14.1. The molecule has 0 amide bonds. The highest BCUT2D eigenvalue weighted by Crippen LogP contribution is 2.44. The van der Waals surface area contributed by atoms with Crippen molar-refractivity contribution >= 4 is 11.6 Å². The van der Waals surface area contributed by atoms with Crippen molar-refractivity contribution in [1.29, 1.82) is 0 Å². The highest BCUT2D eigenvalue weighted by Gasteiger charge is 2.36. The number of fused-ring (bicyclic) bond motifs is 1. The van der Waals surface area contributed by atoms with Crippen molar-refractivity contribution in [3.05, 3.63) is 46.2 Å². The van der Waals surface area contributed by atoms with Crippen molar-refractivity contribution in [2.45, 2.75) is 86.0 Å². The van der Waals surface area contributed by atoms with Gasteiger partial charge in [-0.2, -0.15) is 0 Å². The summed E-state index contributed by atoms with van der Waals surface area (Å²) in [5.74, 6) is 0.696. The summed E-state index contributed by atoms with van der Waals surface area (Å²) in [6.45, 7) is 11.3. The summed E-state index contributed by atoms with van der Waals surface area (Å²) < 4.78 is 0. The summed E-state index contributed by atoms with van der Waals surface area (Å²) in [6.07, 6.45) is 8.30. The fourth-order valence-electron chi connectivity index (χ4n) is 5.58. The van der Waals surface area contributed by atoms with E-state index in [-0.39, 0.29) is 17.3 Å². The van der Waals surface area contributed by atoms with Gasteiger partial charge in [0.15, 0.2) is 11.5 Å². The Labute approximate surface area is 182 Å². The first-order valence-electron chi connectivity index (χ1n) is 11.8. The second-order valence-electron chi connectivity index (χ2n) is 10.6. The Balaban J connectivity index is 1.72. The molecular formula is C27H38O3. The van der Waals surface area contributed by atoms with Gasteiger partial charge in [-0.3, -0.25) is 9.59 Å².